The number of ether oxygens (including phenoxy) is 2. The van der Waals surface area contributed by atoms with E-state index in [-0.39, 0.29) is 0 Å². The molecule has 1 atom stereocenters. The molecule has 0 bridgehead atoms. The first-order chi connectivity index (χ1) is 7.57. The summed E-state index contributed by atoms with van der Waals surface area (Å²) in [5, 5.41) is 11.4. The van der Waals surface area contributed by atoms with Crippen molar-refractivity contribution in [2.24, 2.45) is 5.92 Å². The zero-order valence-electron chi connectivity index (χ0n) is 10.4. The molecule has 96 valence electrons. The van der Waals surface area contributed by atoms with Gasteiger partial charge in [0.2, 0.25) is 0 Å². The predicted octanol–water partition coefficient (Wildman–Crippen LogP) is 0.738. The number of rotatable bonds is 10. The Balaban J connectivity index is 3.29. The number of hydrogen-bond acceptors (Lipinski definition) is 4. The quantitative estimate of drug-likeness (QED) is 0.545. The molecule has 0 aromatic rings. The van der Waals surface area contributed by atoms with Crippen molar-refractivity contribution in [3.63, 3.8) is 0 Å². The SMILES string of the molecule is CNC(CCOCCOCC(C)C)C(=O)O. The maximum atomic E-state index is 10.6. The molecule has 1 unspecified atom stereocenters. The van der Waals surface area contributed by atoms with Crippen molar-refractivity contribution < 1.29 is 19.4 Å². The minimum atomic E-state index is -0.845. The second-order valence-electron chi connectivity index (χ2n) is 4.05. The molecule has 0 aliphatic rings. The second-order valence-corrected chi connectivity index (χ2v) is 4.05. The summed E-state index contributed by atoms with van der Waals surface area (Å²) in [7, 11) is 1.63. The van der Waals surface area contributed by atoms with E-state index < -0.39 is 12.0 Å². The first-order valence-corrected chi connectivity index (χ1v) is 5.63. The van der Waals surface area contributed by atoms with Gasteiger partial charge in [0.05, 0.1) is 13.2 Å². The topological polar surface area (TPSA) is 67.8 Å². The average molecular weight is 233 g/mol. The van der Waals surface area contributed by atoms with E-state index in [1.807, 2.05) is 0 Å². The van der Waals surface area contributed by atoms with Crippen LogP contribution in [0.2, 0.25) is 0 Å². The fourth-order valence-corrected chi connectivity index (χ4v) is 1.13. The van der Waals surface area contributed by atoms with Crippen LogP contribution in [0, 0.1) is 5.92 Å². The molecule has 5 heteroatoms. The summed E-state index contributed by atoms with van der Waals surface area (Å²) in [6, 6.07) is -0.531. The van der Waals surface area contributed by atoms with Gasteiger partial charge < -0.3 is 19.9 Å². The van der Waals surface area contributed by atoms with Crippen LogP contribution in [0.4, 0.5) is 0 Å². The van der Waals surface area contributed by atoms with Gasteiger partial charge in [-0.1, -0.05) is 13.8 Å². The van der Waals surface area contributed by atoms with E-state index in [2.05, 4.69) is 19.2 Å². The second kappa shape index (κ2) is 9.57. The summed E-state index contributed by atoms with van der Waals surface area (Å²) in [4.78, 5) is 10.6. The van der Waals surface area contributed by atoms with Crippen LogP contribution in [0.5, 0.6) is 0 Å². The van der Waals surface area contributed by atoms with Crippen LogP contribution < -0.4 is 5.32 Å². The van der Waals surface area contributed by atoms with Crippen molar-refractivity contribution in [3.8, 4) is 0 Å². The fraction of sp³-hybridized carbons (Fsp3) is 0.909. The van der Waals surface area contributed by atoms with Crippen molar-refractivity contribution in [1.82, 2.24) is 5.32 Å². The number of likely N-dealkylation sites (N-methyl/N-ethyl adjacent to an activating group) is 1. The van der Waals surface area contributed by atoms with Crippen LogP contribution in [-0.4, -0.2) is 50.6 Å². The van der Waals surface area contributed by atoms with E-state index in [4.69, 9.17) is 14.6 Å². The van der Waals surface area contributed by atoms with Gasteiger partial charge in [-0.15, -0.1) is 0 Å². The molecule has 0 aromatic heterocycles. The van der Waals surface area contributed by atoms with Crippen LogP contribution in [0.1, 0.15) is 20.3 Å². The highest BCUT2D eigenvalue weighted by molar-refractivity contribution is 5.73. The standard InChI is InChI=1S/C11H23NO4/c1-9(2)8-16-7-6-15-5-4-10(12-3)11(13)14/h9-10,12H,4-8H2,1-3H3,(H,13,14). The van der Waals surface area contributed by atoms with Gasteiger partial charge in [-0.25, -0.2) is 0 Å². The first kappa shape index (κ1) is 15.3. The summed E-state index contributed by atoms with van der Waals surface area (Å²) >= 11 is 0. The van der Waals surface area contributed by atoms with Gasteiger partial charge in [0, 0.05) is 13.2 Å². The van der Waals surface area contributed by atoms with E-state index in [0.29, 0.717) is 32.2 Å². The Morgan fingerprint density at radius 2 is 1.88 bits per heavy atom. The van der Waals surface area contributed by atoms with Crippen molar-refractivity contribution >= 4 is 5.97 Å². The molecule has 2 N–H and O–H groups in total. The molecule has 0 aliphatic heterocycles. The smallest absolute Gasteiger partial charge is 0.320 e. The Morgan fingerprint density at radius 3 is 2.38 bits per heavy atom. The molecule has 5 nitrogen and oxygen atoms in total. The van der Waals surface area contributed by atoms with Gasteiger partial charge in [0.15, 0.2) is 0 Å². The molecule has 0 radical (unpaired) electrons. The van der Waals surface area contributed by atoms with Gasteiger partial charge in [0.25, 0.3) is 0 Å². The lowest BCUT2D eigenvalue weighted by molar-refractivity contribution is -0.139. The van der Waals surface area contributed by atoms with E-state index in [1.54, 1.807) is 7.05 Å². The molecular formula is C11H23NO4. The largest absolute Gasteiger partial charge is 0.480 e. The zero-order chi connectivity index (χ0) is 12.4. The van der Waals surface area contributed by atoms with E-state index in [1.165, 1.54) is 0 Å². The van der Waals surface area contributed by atoms with E-state index >= 15 is 0 Å². The lowest BCUT2D eigenvalue weighted by Gasteiger charge is -2.11. The van der Waals surface area contributed by atoms with Crippen LogP contribution in [-0.2, 0) is 14.3 Å². The Hall–Kier alpha value is -0.650. The molecule has 0 spiro atoms. The maximum Gasteiger partial charge on any atom is 0.320 e. The number of carbonyl (C=O) groups is 1. The summed E-state index contributed by atoms with van der Waals surface area (Å²) in [5.74, 6) is -0.317. The van der Waals surface area contributed by atoms with Gasteiger partial charge in [-0.3, -0.25) is 4.79 Å². The number of carboxylic acid groups (broad SMARTS) is 1. The monoisotopic (exact) mass is 233 g/mol. The van der Waals surface area contributed by atoms with Crippen LogP contribution in [0.3, 0.4) is 0 Å². The number of nitrogens with one attached hydrogen (secondary N) is 1. The molecule has 0 saturated heterocycles. The molecule has 0 rings (SSSR count). The number of hydrogen-bond donors (Lipinski definition) is 2. The minimum Gasteiger partial charge on any atom is -0.480 e. The number of carboxylic acids is 1. The highest BCUT2D eigenvalue weighted by Crippen LogP contribution is 1.94. The number of aliphatic carboxylic acids is 1. The van der Waals surface area contributed by atoms with Crippen molar-refractivity contribution in [2.75, 3.05) is 33.5 Å². The molecule has 0 aromatic carbocycles. The first-order valence-electron chi connectivity index (χ1n) is 5.63. The summed E-state index contributed by atoms with van der Waals surface area (Å²) in [5.41, 5.74) is 0. The fourth-order valence-electron chi connectivity index (χ4n) is 1.13. The molecule has 0 amide bonds. The van der Waals surface area contributed by atoms with Gasteiger partial charge >= 0.3 is 5.97 Å². The third kappa shape index (κ3) is 8.64. The molecular weight excluding hydrogens is 210 g/mol. The van der Waals surface area contributed by atoms with Crippen molar-refractivity contribution in [2.45, 2.75) is 26.3 Å². The maximum absolute atomic E-state index is 10.6. The highest BCUT2D eigenvalue weighted by atomic mass is 16.5. The van der Waals surface area contributed by atoms with Crippen molar-refractivity contribution in [3.05, 3.63) is 0 Å². The average Bonchev–Trinajstić information content (AvgIpc) is 2.21. The Morgan fingerprint density at radius 1 is 1.25 bits per heavy atom. The normalized spacial score (nSPS) is 13.0. The predicted molar refractivity (Wildman–Crippen MR) is 61.6 cm³/mol. The lowest BCUT2D eigenvalue weighted by atomic mass is 10.2. The minimum absolute atomic E-state index is 0.433. The zero-order valence-corrected chi connectivity index (χ0v) is 10.4. The third-order valence-electron chi connectivity index (χ3n) is 2.02. The van der Waals surface area contributed by atoms with Crippen LogP contribution in [0.25, 0.3) is 0 Å². The summed E-state index contributed by atoms with van der Waals surface area (Å²) < 4.78 is 10.6. The Labute approximate surface area is 97.1 Å². The Bertz CT molecular complexity index is 185. The van der Waals surface area contributed by atoms with Gasteiger partial charge in [-0.05, 0) is 19.4 Å². The third-order valence-corrected chi connectivity index (χ3v) is 2.02. The molecule has 0 heterocycles. The van der Waals surface area contributed by atoms with Crippen LogP contribution in [0.15, 0.2) is 0 Å². The molecule has 16 heavy (non-hydrogen) atoms. The lowest BCUT2D eigenvalue weighted by Crippen LogP contribution is -2.34. The van der Waals surface area contributed by atoms with Gasteiger partial charge in [0.1, 0.15) is 6.04 Å². The molecule has 0 aliphatic carbocycles. The summed E-state index contributed by atoms with van der Waals surface area (Å²) in [6.45, 7) is 6.43. The highest BCUT2D eigenvalue weighted by Gasteiger charge is 2.13. The van der Waals surface area contributed by atoms with Crippen molar-refractivity contribution in [1.29, 1.82) is 0 Å². The summed E-state index contributed by atoms with van der Waals surface area (Å²) in [6.07, 6.45) is 0.468. The van der Waals surface area contributed by atoms with E-state index in [0.717, 1.165) is 6.61 Å². The molecule has 0 fully saturated rings. The van der Waals surface area contributed by atoms with Crippen LogP contribution >= 0.6 is 0 Å². The van der Waals surface area contributed by atoms with Gasteiger partial charge in [-0.2, -0.15) is 0 Å². The Kier molecular flexibility index (Phi) is 9.18. The van der Waals surface area contributed by atoms with E-state index in [9.17, 15) is 4.79 Å². The molecule has 0 saturated carbocycles.